The first kappa shape index (κ1) is 15.0. The summed E-state index contributed by atoms with van der Waals surface area (Å²) >= 11 is 3.20. The Labute approximate surface area is 144 Å². The molecule has 9 heteroatoms. The summed E-state index contributed by atoms with van der Waals surface area (Å²) in [6, 6.07) is 2.03. The predicted octanol–water partition coefficient (Wildman–Crippen LogP) is 1.67. The normalized spacial score (nSPS) is 11.4. The maximum absolute atomic E-state index is 12.4. The molecule has 7 nitrogen and oxygen atoms in total. The highest BCUT2D eigenvalue weighted by atomic mass is 32.1. The molecule has 4 rings (SSSR count). The molecule has 4 heterocycles. The van der Waals surface area contributed by atoms with Crippen molar-refractivity contribution in [2.75, 3.05) is 0 Å². The summed E-state index contributed by atoms with van der Waals surface area (Å²) in [6.07, 6.45) is 1.58. The van der Waals surface area contributed by atoms with E-state index in [1.165, 1.54) is 11.6 Å². The SMILES string of the molecule is Cn1c(=O)c2c(ncn2Cc2csc(-c3ccsc3)n2)n(C)c1=O. The summed E-state index contributed by atoms with van der Waals surface area (Å²) in [5.41, 5.74) is 2.02. The van der Waals surface area contributed by atoms with Gasteiger partial charge in [-0.05, 0) is 11.4 Å². The van der Waals surface area contributed by atoms with E-state index in [0.29, 0.717) is 17.7 Å². The van der Waals surface area contributed by atoms with Crippen LogP contribution in [-0.4, -0.2) is 23.7 Å². The fraction of sp³-hybridized carbons (Fsp3) is 0.200. The summed E-state index contributed by atoms with van der Waals surface area (Å²) < 4.78 is 4.22. The van der Waals surface area contributed by atoms with Crippen LogP contribution in [0.15, 0.2) is 38.1 Å². The first-order chi connectivity index (χ1) is 11.6. The van der Waals surface area contributed by atoms with Crippen LogP contribution in [0.2, 0.25) is 0 Å². The number of aryl methyl sites for hydroxylation is 1. The molecule has 4 aromatic rings. The van der Waals surface area contributed by atoms with Gasteiger partial charge in [-0.15, -0.1) is 11.3 Å². The van der Waals surface area contributed by atoms with Crippen molar-refractivity contribution in [1.82, 2.24) is 23.7 Å². The highest BCUT2D eigenvalue weighted by Crippen LogP contribution is 2.26. The van der Waals surface area contributed by atoms with Crippen molar-refractivity contribution in [2.24, 2.45) is 14.1 Å². The molecule has 0 N–H and O–H groups in total. The standard InChI is InChI=1S/C15H13N5O2S2/c1-18-12-11(14(21)19(2)15(18)22)20(8-16-12)5-10-7-24-13(17-10)9-3-4-23-6-9/h3-4,6-8H,5H2,1-2H3. The summed E-state index contributed by atoms with van der Waals surface area (Å²) in [5, 5.41) is 7.01. The molecule has 0 atom stereocenters. The number of aromatic nitrogens is 5. The van der Waals surface area contributed by atoms with Crippen LogP contribution in [0.3, 0.4) is 0 Å². The van der Waals surface area contributed by atoms with Gasteiger partial charge >= 0.3 is 5.69 Å². The maximum Gasteiger partial charge on any atom is 0.332 e. The second-order valence-corrected chi connectivity index (χ2v) is 7.04. The summed E-state index contributed by atoms with van der Waals surface area (Å²) in [6.45, 7) is 0.435. The van der Waals surface area contributed by atoms with Crippen molar-refractivity contribution >= 4 is 33.8 Å². The molecule has 0 aliphatic rings. The minimum absolute atomic E-state index is 0.348. The average Bonchev–Trinajstić information content (AvgIpc) is 3.31. The lowest BCUT2D eigenvalue weighted by Crippen LogP contribution is -2.37. The van der Waals surface area contributed by atoms with Gasteiger partial charge in [-0.25, -0.2) is 14.8 Å². The van der Waals surface area contributed by atoms with E-state index in [1.807, 2.05) is 16.8 Å². The molecule has 122 valence electrons. The highest BCUT2D eigenvalue weighted by Gasteiger charge is 2.15. The van der Waals surface area contributed by atoms with Gasteiger partial charge in [0.25, 0.3) is 5.56 Å². The van der Waals surface area contributed by atoms with Gasteiger partial charge in [-0.1, -0.05) is 0 Å². The zero-order valence-electron chi connectivity index (χ0n) is 13.0. The number of imidazole rings is 1. The molecule has 0 radical (unpaired) electrons. The van der Waals surface area contributed by atoms with Crippen LogP contribution >= 0.6 is 22.7 Å². The van der Waals surface area contributed by atoms with E-state index in [4.69, 9.17) is 0 Å². The van der Waals surface area contributed by atoms with Gasteiger partial charge in [0.2, 0.25) is 0 Å². The zero-order chi connectivity index (χ0) is 16.8. The van der Waals surface area contributed by atoms with Crippen molar-refractivity contribution in [3.05, 3.63) is 55.1 Å². The van der Waals surface area contributed by atoms with Crippen molar-refractivity contribution in [3.8, 4) is 10.6 Å². The van der Waals surface area contributed by atoms with Crippen LogP contribution in [0, 0.1) is 0 Å². The Morgan fingerprint density at radius 3 is 2.75 bits per heavy atom. The van der Waals surface area contributed by atoms with E-state index >= 15 is 0 Å². The molecule has 0 saturated heterocycles. The van der Waals surface area contributed by atoms with E-state index in [0.717, 1.165) is 20.8 Å². The first-order valence-electron chi connectivity index (χ1n) is 7.14. The van der Waals surface area contributed by atoms with Crippen LogP contribution in [-0.2, 0) is 20.6 Å². The Kier molecular flexibility index (Phi) is 3.47. The fourth-order valence-electron chi connectivity index (χ4n) is 2.59. The molecular formula is C15H13N5O2S2. The second-order valence-electron chi connectivity index (χ2n) is 5.41. The average molecular weight is 359 g/mol. The lowest BCUT2D eigenvalue weighted by atomic mass is 10.3. The molecule has 24 heavy (non-hydrogen) atoms. The van der Waals surface area contributed by atoms with Crippen LogP contribution in [0.5, 0.6) is 0 Å². The lowest BCUT2D eigenvalue weighted by Gasteiger charge is -2.05. The lowest BCUT2D eigenvalue weighted by molar-refractivity contribution is 0.701. The highest BCUT2D eigenvalue weighted by molar-refractivity contribution is 7.14. The largest absolute Gasteiger partial charge is 0.332 e. The van der Waals surface area contributed by atoms with Crippen molar-refractivity contribution in [3.63, 3.8) is 0 Å². The van der Waals surface area contributed by atoms with Crippen LogP contribution in [0.1, 0.15) is 5.69 Å². The Balaban J connectivity index is 1.79. The van der Waals surface area contributed by atoms with E-state index in [2.05, 4.69) is 15.3 Å². The molecule has 0 aliphatic carbocycles. The third kappa shape index (κ3) is 2.24. The quantitative estimate of drug-likeness (QED) is 0.558. The number of thiazole rings is 1. The number of fused-ring (bicyclic) bond motifs is 1. The number of thiophene rings is 1. The van der Waals surface area contributed by atoms with Gasteiger partial charge in [0.05, 0.1) is 18.6 Å². The van der Waals surface area contributed by atoms with Gasteiger partial charge < -0.3 is 4.57 Å². The number of hydrogen-bond donors (Lipinski definition) is 0. The topological polar surface area (TPSA) is 74.7 Å². The first-order valence-corrected chi connectivity index (χ1v) is 8.96. The summed E-state index contributed by atoms with van der Waals surface area (Å²) in [7, 11) is 3.08. The second kappa shape index (κ2) is 5.53. The molecule has 0 spiro atoms. The summed E-state index contributed by atoms with van der Waals surface area (Å²) in [4.78, 5) is 33.3. The van der Waals surface area contributed by atoms with E-state index in [9.17, 15) is 9.59 Å². The van der Waals surface area contributed by atoms with Crippen LogP contribution < -0.4 is 11.2 Å². The van der Waals surface area contributed by atoms with Crippen LogP contribution in [0.4, 0.5) is 0 Å². The van der Waals surface area contributed by atoms with E-state index in [1.54, 1.807) is 40.6 Å². The minimum atomic E-state index is -0.383. The Bertz CT molecular complexity index is 1150. The van der Waals surface area contributed by atoms with Crippen molar-refractivity contribution in [2.45, 2.75) is 6.54 Å². The van der Waals surface area contributed by atoms with Gasteiger partial charge in [-0.3, -0.25) is 13.9 Å². The maximum atomic E-state index is 12.4. The van der Waals surface area contributed by atoms with Gasteiger partial charge in [0.15, 0.2) is 11.2 Å². The minimum Gasteiger partial charge on any atom is -0.319 e. The number of nitrogens with zero attached hydrogens (tertiary/aromatic N) is 5. The Hall–Kier alpha value is -2.52. The van der Waals surface area contributed by atoms with Crippen LogP contribution in [0.25, 0.3) is 21.7 Å². The monoisotopic (exact) mass is 359 g/mol. The molecule has 4 aromatic heterocycles. The van der Waals surface area contributed by atoms with Gasteiger partial charge in [-0.2, -0.15) is 11.3 Å². The van der Waals surface area contributed by atoms with Gasteiger partial charge in [0, 0.05) is 30.4 Å². The molecular weight excluding hydrogens is 346 g/mol. The van der Waals surface area contributed by atoms with E-state index < -0.39 is 0 Å². The zero-order valence-corrected chi connectivity index (χ0v) is 14.6. The molecule has 0 fully saturated rings. The number of hydrogen-bond acceptors (Lipinski definition) is 6. The molecule has 0 bridgehead atoms. The third-order valence-corrected chi connectivity index (χ3v) is 5.49. The Morgan fingerprint density at radius 2 is 2.00 bits per heavy atom. The van der Waals surface area contributed by atoms with Gasteiger partial charge in [0.1, 0.15) is 5.01 Å². The third-order valence-electron chi connectivity index (χ3n) is 3.87. The van der Waals surface area contributed by atoms with E-state index in [-0.39, 0.29) is 11.2 Å². The molecule has 0 saturated carbocycles. The van der Waals surface area contributed by atoms with Crippen molar-refractivity contribution < 1.29 is 0 Å². The van der Waals surface area contributed by atoms with Crippen molar-refractivity contribution in [1.29, 1.82) is 0 Å². The summed E-state index contributed by atoms with van der Waals surface area (Å²) in [5.74, 6) is 0. The molecule has 0 aliphatic heterocycles. The fourth-order valence-corrected chi connectivity index (χ4v) is 4.11. The number of rotatable bonds is 3. The predicted molar refractivity (Wildman–Crippen MR) is 94.7 cm³/mol. The molecule has 0 amide bonds. The Morgan fingerprint density at radius 1 is 1.17 bits per heavy atom. The molecule has 0 unspecified atom stereocenters. The molecule has 0 aromatic carbocycles. The smallest absolute Gasteiger partial charge is 0.319 e.